The van der Waals surface area contributed by atoms with E-state index >= 15 is 0 Å². The largest absolute Gasteiger partial charge is 0.508 e. The van der Waals surface area contributed by atoms with Gasteiger partial charge in [-0.1, -0.05) is 56.7 Å². The van der Waals surface area contributed by atoms with Crippen LogP contribution in [0.4, 0.5) is 5.69 Å². The number of nitrogens with one attached hydrogen (secondary N) is 6. The Labute approximate surface area is 372 Å². The lowest BCUT2D eigenvalue weighted by Crippen LogP contribution is -2.61. The van der Waals surface area contributed by atoms with Crippen molar-refractivity contribution in [3.63, 3.8) is 0 Å². The van der Waals surface area contributed by atoms with Crippen LogP contribution in [-0.2, 0) is 52.8 Å². The second-order valence-corrected chi connectivity index (χ2v) is 15.7. The third kappa shape index (κ3) is 17.2. The molecule has 63 heavy (non-hydrogen) atoms. The van der Waals surface area contributed by atoms with E-state index in [0.717, 1.165) is 0 Å². The summed E-state index contributed by atoms with van der Waals surface area (Å²) in [7, 11) is 0. The van der Waals surface area contributed by atoms with Crippen molar-refractivity contribution in [2.75, 3.05) is 18.0 Å². The fourth-order valence-corrected chi connectivity index (χ4v) is 6.74. The fourth-order valence-electron chi connectivity index (χ4n) is 6.48. The van der Waals surface area contributed by atoms with Crippen LogP contribution >= 0.6 is 12.6 Å². The molecular formula is C44H60N8O10S. The number of aliphatic carboxylic acids is 1. The molecule has 6 amide bonds. The summed E-state index contributed by atoms with van der Waals surface area (Å²) in [5.41, 5.74) is 13.6. The van der Waals surface area contributed by atoms with E-state index in [9.17, 15) is 48.9 Å². The summed E-state index contributed by atoms with van der Waals surface area (Å²) in [6.45, 7) is 5.05. The van der Waals surface area contributed by atoms with Gasteiger partial charge < -0.3 is 58.7 Å². The molecule has 0 saturated carbocycles. The Morgan fingerprint density at radius 3 is 1.44 bits per heavy atom. The molecule has 0 aromatic heterocycles. The zero-order valence-electron chi connectivity index (χ0n) is 35.6. The van der Waals surface area contributed by atoms with Crippen LogP contribution in [0.2, 0.25) is 0 Å². The van der Waals surface area contributed by atoms with E-state index in [4.69, 9.17) is 11.5 Å². The molecule has 7 atom stereocenters. The molecule has 18 nitrogen and oxygen atoms in total. The molecule has 0 heterocycles. The second kappa shape index (κ2) is 25.6. The second-order valence-electron chi connectivity index (χ2n) is 15.4. The molecule has 0 spiro atoms. The Kier molecular flexibility index (Phi) is 20.7. The summed E-state index contributed by atoms with van der Waals surface area (Å²) in [6, 6.07) is 10.6. The highest BCUT2D eigenvalue weighted by molar-refractivity contribution is 7.80. The number of phenols is 2. The summed E-state index contributed by atoms with van der Waals surface area (Å²) in [6.07, 6.45) is 0.986. The van der Waals surface area contributed by atoms with E-state index in [2.05, 4.69) is 44.5 Å². The van der Waals surface area contributed by atoms with Crippen LogP contribution in [0, 0.1) is 5.92 Å². The molecule has 0 aliphatic heterocycles. The van der Waals surface area contributed by atoms with Crippen LogP contribution in [0.25, 0.3) is 0 Å². The minimum absolute atomic E-state index is 0.0382. The smallest absolute Gasteiger partial charge is 0.326 e. The van der Waals surface area contributed by atoms with Crippen LogP contribution in [0.5, 0.6) is 11.5 Å². The number of hydrogen-bond acceptors (Lipinski definition) is 12. The molecule has 0 radical (unpaired) electrons. The first kappa shape index (κ1) is 51.0. The molecule has 3 aromatic carbocycles. The molecule has 0 aliphatic rings. The number of unbranched alkanes of at least 4 members (excludes halogenated alkanes) is 1. The molecule has 0 bridgehead atoms. The number of rotatable bonds is 25. The molecule has 0 aliphatic carbocycles. The van der Waals surface area contributed by atoms with E-state index < -0.39 is 83.6 Å². The number of carboxylic acid groups (broad SMARTS) is 1. The van der Waals surface area contributed by atoms with Crippen LogP contribution in [0.1, 0.15) is 63.1 Å². The quantitative estimate of drug-likeness (QED) is 0.0320. The molecule has 13 N–H and O–H groups in total. The number of carboxylic acids is 1. The van der Waals surface area contributed by atoms with Gasteiger partial charge in [-0.25, -0.2) is 4.79 Å². The lowest BCUT2D eigenvalue weighted by Gasteiger charge is -2.29. The minimum atomic E-state index is -1.40. The van der Waals surface area contributed by atoms with Gasteiger partial charge in [0, 0.05) is 37.6 Å². The van der Waals surface area contributed by atoms with Crippen LogP contribution in [-0.4, -0.2) is 105 Å². The number of nitrogen functional groups attached to an aromatic ring is 1. The fraction of sp³-hybridized carbons (Fsp3) is 0.432. The van der Waals surface area contributed by atoms with Gasteiger partial charge in [-0.05, 0) is 84.8 Å². The highest BCUT2D eigenvalue weighted by Gasteiger charge is 2.35. The van der Waals surface area contributed by atoms with Gasteiger partial charge in [0.15, 0.2) is 0 Å². The van der Waals surface area contributed by atoms with Crippen LogP contribution < -0.4 is 43.4 Å². The van der Waals surface area contributed by atoms with Crippen molar-refractivity contribution in [3.05, 3.63) is 89.5 Å². The van der Waals surface area contributed by atoms with Crippen molar-refractivity contribution in [1.82, 2.24) is 31.9 Å². The highest BCUT2D eigenvalue weighted by atomic mass is 32.1. The summed E-state index contributed by atoms with van der Waals surface area (Å²) >= 11 is 4.16. The number of benzene rings is 3. The number of carbonyl (C=O) groups excluding carboxylic acids is 6. The Morgan fingerprint density at radius 2 is 1.00 bits per heavy atom. The molecule has 342 valence electrons. The molecule has 1 unspecified atom stereocenters. The minimum Gasteiger partial charge on any atom is -0.508 e. The number of anilines is 1. The van der Waals surface area contributed by atoms with Gasteiger partial charge in [-0.3, -0.25) is 28.8 Å². The summed E-state index contributed by atoms with van der Waals surface area (Å²) in [5.74, 6) is -6.18. The average Bonchev–Trinajstić information content (AvgIpc) is 3.25. The molecule has 3 aromatic rings. The maximum absolute atomic E-state index is 14.3. The lowest BCUT2D eigenvalue weighted by atomic mass is 9.96. The monoisotopic (exact) mass is 892 g/mol. The normalized spacial score (nSPS) is 14.3. The number of carbonyl (C=O) groups is 7. The highest BCUT2D eigenvalue weighted by Crippen LogP contribution is 2.16. The Hall–Kier alpha value is -6.34. The van der Waals surface area contributed by atoms with E-state index in [0.29, 0.717) is 41.6 Å². The zero-order chi connectivity index (χ0) is 46.6. The summed E-state index contributed by atoms with van der Waals surface area (Å²) in [4.78, 5) is 93.8. The number of hydrogen-bond donors (Lipinski definition) is 12. The Bertz CT molecular complexity index is 2000. The van der Waals surface area contributed by atoms with E-state index in [1.165, 1.54) is 43.3 Å². The number of amides is 6. The summed E-state index contributed by atoms with van der Waals surface area (Å²) in [5, 5.41) is 45.7. The topological polar surface area (TPSA) is 304 Å². The van der Waals surface area contributed by atoms with Gasteiger partial charge in [0.2, 0.25) is 35.4 Å². The summed E-state index contributed by atoms with van der Waals surface area (Å²) < 4.78 is 0. The van der Waals surface area contributed by atoms with Crippen molar-refractivity contribution >= 4 is 59.7 Å². The van der Waals surface area contributed by atoms with Crippen molar-refractivity contribution in [2.45, 2.75) is 102 Å². The lowest BCUT2D eigenvalue weighted by molar-refractivity contribution is -0.142. The van der Waals surface area contributed by atoms with Gasteiger partial charge in [-0.15, -0.1) is 0 Å². The van der Waals surface area contributed by atoms with Crippen molar-refractivity contribution in [2.24, 2.45) is 11.7 Å². The van der Waals surface area contributed by atoms with Gasteiger partial charge in [-0.2, -0.15) is 12.6 Å². The van der Waals surface area contributed by atoms with Gasteiger partial charge in [0.05, 0.1) is 0 Å². The van der Waals surface area contributed by atoms with Crippen LogP contribution in [0.3, 0.4) is 0 Å². The first-order chi connectivity index (χ1) is 29.9. The third-order valence-electron chi connectivity index (χ3n) is 10.3. The van der Waals surface area contributed by atoms with Crippen molar-refractivity contribution in [1.29, 1.82) is 0 Å². The molecule has 3 rings (SSSR count). The number of phenolic OH excluding ortho intramolecular Hbond substituents is 2. The average molecular weight is 893 g/mol. The van der Waals surface area contributed by atoms with E-state index in [1.54, 1.807) is 43.3 Å². The van der Waals surface area contributed by atoms with E-state index in [1.807, 2.05) is 6.92 Å². The molecule has 0 fully saturated rings. The Morgan fingerprint density at radius 1 is 0.587 bits per heavy atom. The zero-order valence-corrected chi connectivity index (χ0v) is 36.5. The van der Waals surface area contributed by atoms with E-state index in [-0.39, 0.29) is 49.5 Å². The van der Waals surface area contributed by atoms with Crippen molar-refractivity contribution in [3.8, 4) is 11.5 Å². The van der Waals surface area contributed by atoms with Gasteiger partial charge >= 0.3 is 5.97 Å². The van der Waals surface area contributed by atoms with Crippen LogP contribution in [0.15, 0.2) is 72.8 Å². The molecule has 0 saturated heterocycles. The predicted octanol–water partition coefficient (Wildman–Crippen LogP) is 0.826. The van der Waals surface area contributed by atoms with Gasteiger partial charge in [0.25, 0.3) is 0 Å². The molecular weight excluding hydrogens is 833 g/mol. The maximum atomic E-state index is 14.3. The SMILES string of the molecule is CCC(C)[C@H](NC(=O)[C@H](CS)NC(C)=O)C(=O)N[C@@H](Cc1ccc(O)cc1)C(=O)N[C@@H](CCCCN)C(=O)N[C@@H](Cc1ccc(O)cc1)C(=O)N[C@@H](Cc1ccc(N)cc1)C(=O)O. The first-order valence-electron chi connectivity index (χ1n) is 20.7. The number of nitrogens with two attached hydrogens (primary N) is 2. The first-order valence-corrected chi connectivity index (χ1v) is 21.3. The third-order valence-corrected chi connectivity index (χ3v) is 10.7. The predicted molar refractivity (Wildman–Crippen MR) is 239 cm³/mol. The van der Waals surface area contributed by atoms with Crippen molar-refractivity contribution < 1.29 is 48.9 Å². The standard InChI is InChI=1S/C44H60N8O10S/c1-4-25(2)38(52-42(59)37(24-63)47-26(3)53)43(60)50-35(22-29-12-18-32(55)19-13-29)40(57)48-33(7-5-6-20-45)39(56)49-34(21-28-10-16-31(54)17-11-28)41(58)51-36(44(61)62)23-27-8-14-30(46)15-9-27/h8-19,25,33-38,54-55,63H,4-7,20-24,45-46H2,1-3H3,(H,47,53)(H,48,57)(H,49,56)(H,50,60)(H,51,58)(H,52,59)(H,61,62)/t25?,33-,34-,35-,36-,37-,38-/m0/s1. The maximum Gasteiger partial charge on any atom is 0.326 e. The number of aromatic hydroxyl groups is 2. The Balaban J connectivity index is 1.95. The number of thiol groups is 1. The van der Waals surface area contributed by atoms with Gasteiger partial charge in [0.1, 0.15) is 47.8 Å². The molecule has 19 heteroatoms.